The number of nitrogens with one attached hydrogen (secondary N) is 2. The molecule has 2 rings (SSSR count). The molecule has 0 aliphatic rings. The zero-order valence-corrected chi connectivity index (χ0v) is 13.5. The van der Waals surface area contributed by atoms with Gasteiger partial charge in [-0.1, -0.05) is 6.07 Å². The van der Waals surface area contributed by atoms with Gasteiger partial charge in [0.1, 0.15) is 0 Å². The Balaban J connectivity index is 2.09. The van der Waals surface area contributed by atoms with E-state index in [2.05, 4.69) is 15.4 Å². The molecule has 0 aromatic heterocycles. The summed E-state index contributed by atoms with van der Waals surface area (Å²) in [5.74, 6) is -1.02. The standard InChI is InChI=1S/C18H18N2O4/c1-3-19-16(21)12-7-9-15(10-8-12)20-17(22)13-5-4-6-14(11-13)18(23)24-2/h4-11H,3H2,1-2H3,(H,19,21)(H,20,22). The molecule has 0 unspecified atom stereocenters. The molecule has 0 aliphatic heterocycles. The molecule has 2 amide bonds. The summed E-state index contributed by atoms with van der Waals surface area (Å²) in [5, 5.41) is 5.42. The maximum absolute atomic E-state index is 12.3. The van der Waals surface area contributed by atoms with Gasteiger partial charge in [-0.3, -0.25) is 9.59 Å². The zero-order chi connectivity index (χ0) is 17.5. The van der Waals surface area contributed by atoms with Gasteiger partial charge in [-0.25, -0.2) is 4.79 Å². The normalized spacial score (nSPS) is 9.92. The maximum atomic E-state index is 12.3. The average molecular weight is 326 g/mol. The van der Waals surface area contributed by atoms with E-state index in [9.17, 15) is 14.4 Å². The van der Waals surface area contributed by atoms with Crippen LogP contribution in [0.5, 0.6) is 0 Å². The first-order valence-corrected chi connectivity index (χ1v) is 7.43. The molecule has 0 heterocycles. The van der Waals surface area contributed by atoms with Gasteiger partial charge in [-0.15, -0.1) is 0 Å². The van der Waals surface area contributed by atoms with E-state index in [1.54, 1.807) is 42.5 Å². The molecule has 0 saturated heterocycles. The third-order valence-corrected chi connectivity index (χ3v) is 3.29. The van der Waals surface area contributed by atoms with Crippen molar-refractivity contribution in [3.63, 3.8) is 0 Å². The van der Waals surface area contributed by atoms with Gasteiger partial charge in [-0.05, 0) is 49.4 Å². The molecule has 0 atom stereocenters. The lowest BCUT2D eigenvalue weighted by Crippen LogP contribution is -2.22. The summed E-state index contributed by atoms with van der Waals surface area (Å²) in [5.41, 5.74) is 1.71. The summed E-state index contributed by atoms with van der Waals surface area (Å²) in [7, 11) is 1.28. The Morgan fingerprint density at radius 3 is 2.21 bits per heavy atom. The number of rotatable bonds is 5. The minimum absolute atomic E-state index is 0.166. The number of hydrogen-bond acceptors (Lipinski definition) is 4. The third kappa shape index (κ3) is 4.19. The van der Waals surface area contributed by atoms with Gasteiger partial charge < -0.3 is 15.4 Å². The number of carbonyl (C=O) groups is 3. The predicted molar refractivity (Wildman–Crippen MR) is 90.2 cm³/mol. The van der Waals surface area contributed by atoms with Crippen molar-refractivity contribution in [2.75, 3.05) is 19.0 Å². The number of amides is 2. The van der Waals surface area contributed by atoms with Crippen LogP contribution in [-0.4, -0.2) is 31.4 Å². The Kier molecular flexibility index (Phi) is 5.68. The van der Waals surface area contributed by atoms with E-state index in [0.717, 1.165) is 0 Å². The first-order chi connectivity index (χ1) is 11.5. The Hall–Kier alpha value is -3.15. The summed E-state index contributed by atoms with van der Waals surface area (Å²) in [6.07, 6.45) is 0. The van der Waals surface area contributed by atoms with Crippen LogP contribution >= 0.6 is 0 Å². The molecule has 0 bridgehead atoms. The van der Waals surface area contributed by atoms with Crippen molar-refractivity contribution < 1.29 is 19.1 Å². The fourth-order valence-electron chi connectivity index (χ4n) is 2.08. The van der Waals surface area contributed by atoms with Crippen LogP contribution in [0.15, 0.2) is 48.5 Å². The van der Waals surface area contributed by atoms with Crippen molar-refractivity contribution >= 4 is 23.5 Å². The second kappa shape index (κ2) is 7.92. The van der Waals surface area contributed by atoms with Crippen LogP contribution in [0.3, 0.4) is 0 Å². The number of carbonyl (C=O) groups excluding carboxylic acids is 3. The molecular formula is C18H18N2O4. The Morgan fingerprint density at radius 2 is 1.58 bits per heavy atom. The van der Waals surface area contributed by atoms with E-state index in [-0.39, 0.29) is 11.8 Å². The molecule has 0 radical (unpaired) electrons. The van der Waals surface area contributed by atoms with Gasteiger partial charge in [0, 0.05) is 23.4 Å². The van der Waals surface area contributed by atoms with Gasteiger partial charge in [0.2, 0.25) is 0 Å². The summed E-state index contributed by atoms with van der Waals surface area (Å²) in [6, 6.07) is 12.8. The zero-order valence-electron chi connectivity index (χ0n) is 13.5. The number of hydrogen-bond donors (Lipinski definition) is 2. The Morgan fingerprint density at radius 1 is 0.917 bits per heavy atom. The molecule has 0 fully saturated rings. The minimum Gasteiger partial charge on any atom is -0.465 e. The van der Waals surface area contributed by atoms with Crippen molar-refractivity contribution in [1.29, 1.82) is 0 Å². The second-order valence-corrected chi connectivity index (χ2v) is 4.96. The van der Waals surface area contributed by atoms with E-state index < -0.39 is 5.97 Å². The van der Waals surface area contributed by atoms with Gasteiger partial charge in [0.25, 0.3) is 11.8 Å². The summed E-state index contributed by atoms with van der Waals surface area (Å²) < 4.78 is 4.64. The fourth-order valence-corrected chi connectivity index (χ4v) is 2.08. The highest BCUT2D eigenvalue weighted by atomic mass is 16.5. The lowest BCUT2D eigenvalue weighted by molar-refractivity contribution is 0.0600. The molecule has 0 spiro atoms. The first kappa shape index (κ1) is 17.2. The van der Waals surface area contributed by atoms with E-state index in [0.29, 0.717) is 28.9 Å². The Bertz CT molecular complexity index is 754. The SMILES string of the molecule is CCNC(=O)c1ccc(NC(=O)c2cccc(C(=O)OC)c2)cc1. The third-order valence-electron chi connectivity index (χ3n) is 3.29. The summed E-state index contributed by atoms with van der Waals surface area (Å²) >= 11 is 0. The fraction of sp³-hybridized carbons (Fsp3) is 0.167. The molecular weight excluding hydrogens is 308 g/mol. The summed E-state index contributed by atoms with van der Waals surface area (Å²) in [4.78, 5) is 35.5. The first-order valence-electron chi connectivity index (χ1n) is 7.43. The molecule has 2 aromatic rings. The van der Waals surface area contributed by atoms with Gasteiger partial charge in [0.15, 0.2) is 0 Å². The van der Waals surface area contributed by atoms with Crippen LogP contribution in [0.2, 0.25) is 0 Å². The molecule has 24 heavy (non-hydrogen) atoms. The van der Waals surface area contributed by atoms with Crippen molar-refractivity contribution in [3.8, 4) is 0 Å². The van der Waals surface area contributed by atoms with Crippen LogP contribution < -0.4 is 10.6 Å². The van der Waals surface area contributed by atoms with E-state index in [1.807, 2.05) is 6.92 Å². The number of ether oxygens (including phenoxy) is 1. The lowest BCUT2D eigenvalue weighted by atomic mass is 10.1. The molecule has 6 nitrogen and oxygen atoms in total. The predicted octanol–water partition coefficient (Wildman–Crippen LogP) is 2.48. The minimum atomic E-state index is -0.504. The van der Waals surface area contributed by atoms with E-state index in [1.165, 1.54) is 13.2 Å². The highest BCUT2D eigenvalue weighted by molar-refractivity contribution is 6.06. The Labute approximate surface area is 139 Å². The highest BCUT2D eigenvalue weighted by Gasteiger charge is 2.11. The molecule has 0 aliphatic carbocycles. The molecule has 124 valence electrons. The quantitative estimate of drug-likeness (QED) is 0.827. The van der Waals surface area contributed by atoms with Crippen molar-refractivity contribution in [2.45, 2.75) is 6.92 Å². The lowest BCUT2D eigenvalue weighted by Gasteiger charge is -2.08. The van der Waals surface area contributed by atoms with Crippen molar-refractivity contribution in [3.05, 3.63) is 65.2 Å². The average Bonchev–Trinajstić information content (AvgIpc) is 2.62. The van der Waals surface area contributed by atoms with Crippen molar-refractivity contribution in [2.24, 2.45) is 0 Å². The van der Waals surface area contributed by atoms with E-state index in [4.69, 9.17) is 0 Å². The van der Waals surface area contributed by atoms with Crippen LogP contribution in [0, 0.1) is 0 Å². The molecule has 2 aromatic carbocycles. The van der Waals surface area contributed by atoms with Crippen LogP contribution in [-0.2, 0) is 4.74 Å². The molecule has 0 saturated carbocycles. The van der Waals surface area contributed by atoms with Crippen molar-refractivity contribution in [1.82, 2.24) is 5.32 Å². The molecule has 6 heteroatoms. The van der Waals surface area contributed by atoms with E-state index >= 15 is 0 Å². The van der Waals surface area contributed by atoms with Crippen LogP contribution in [0.4, 0.5) is 5.69 Å². The highest BCUT2D eigenvalue weighted by Crippen LogP contribution is 2.13. The number of methoxy groups -OCH3 is 1. The maximum Gasteiger partial charge on any atom is 0.337 e. The molecule has 2 N–H and O–H groups in total. The number of benzene rings is 2. The topological polar surface area (TPSA) is 84.5 Å². The van der Waals surface area contributed by atoms with Gasteiger partial charge in [-0.2, -0.15) is 0 Å². The smallest absolute Gasteiger partial charge is 0.337 e. The summed E-state index contributed by atoms with van der Waals surface area (Å²) in [6.45, 7) is 2.39. The number of anilines is 1. The van der Waals surface area contributed by atoms with Gasteiger partial charge in [0.05, 0.1) is 12.7 Å². The number of esters is 1. The second-order valence-electron chi connectivity index (χ2n) is 4.96. The van der Waals surface area contributed by atoms with Crippen LogP contribution in [0.1, 0.15) is 38.0 Å². The monoisotopic (exact) mass is 326 g/mol. The van der Waals surface area contributed by atoms with Gasteiger partial charge >= 0.3 is 5.97 Å². The van der Waals surface area contributed by atoms with Crippen LogP contribution in [0.25, 0.3) is 0 Å². The largest absolute Gasteiger partial charge is 0.465 e.